The zero-order valence-corrected chi connectivity index (χ0v) is 14.4. The van der Waals surface area contributed by atoms with E-state index in [1.807, 2.05) is 24.3 Å². The quantitative estimate of drug-likeness (QED) is 0.853. The van der Waals surface area contributed by atoms with Crippen molar-refractivity contribution < 1.29 is 19.4 Å². The number of rotatable bonds is 4. The third-order valence-corrected chi connectivity index (χ3v) is 4.27. The van der Waals surface area contributed by atoms with Crippen LogP contribution in [0.1, 0.15) is 32.8 Å². The topological polar surface area (TPSA) is 75.6 Å². The summed E-state index contributed by atoms with van der Waals surface area (Å²) in [4.78, 5) is 23.4. The standard InChI is InChI=1S/C16H20BrNO4/c1-15(2,3)22-14(21)18-9-11-8-16(11,13(19)20)10-4-6-12(17)7-5-10/h4-7,11H,8-9H2,1-3H3,(H,18,21)(H,19,20). The first-order valence-corrected chi connectivity index (χ1v) is 7.91. The van der Waals surface area contributed by atoms with E-state index in [0.29, 0.717) is 6.42 Å². The molecule has 5 nitrogen and oxygen atoms in total. The van der Waals surface area contributed by atoms with Crippen molar-refractivity contribution in [2.45, 2.75) is 38.2 Å². The molecule has 0 aromatic heterocycles. The van der Waals surface area contributed by atoms with Gasteiger partial charge in [-0.1, -0.05) is 28.1 Å². The molecule has 120 valence electrons. The van der Waals surface area contributed by atoms with E-state index >= 15 is 0 Å². The molecule has 2 unspecified atom stereocenters. The number of benzene rings is 1. The van der Waals surface area contributed by atoms with Gasteiger partial charge in [0.2, 0.25) is 0 Å². The molecule has 2 rings (SSSR count). The highest BCUT2D eigenvalue weighted by Gasteiger charge is 2.61. The Morgan fingerprint density at radius 2 is 1.95 bits per heavy atom. The smallest absolute Gasteiger partial charge is 0.407 e. The number of carboxylic acid groups (broad SMARTS) is 1. The van der Waals surface area contributed by atoms with Crippen molar-refractivity contribution in [3.05, 3.63) is 34.3 Å². The van der Waals surface area contributed by atoms with Crippen LogP contribution in [0, 0.1) is 5.92 Å². The van der Waals surface area contributed by atoms with Gasteiger partial charge in [0.05, 0.1) is 5.41 Å². The number of ether oxygens (including phenoxy) is 1. The first-order chi connectivity index (χ1) is 10.1. The van der Waals surface area contributed by atoms with Crippen LogP contribution >= 0.6 is 15.9 Å². The van der Waals surface area contributed by atoms with Crippen LogP contribution in [0.3, 0.4) is 0 Å². The van der Waals surface area contributed by atoms with Gasteiger partial charge in [-0.3, -0.25) is 4.79 Å². The molecule has 0 aliphatic heterocycles. The summed E-state index contributed by atoms with van der Waals surface area (Å²) in [6.07, 6.45) is -0.00533. The maximum absolute atomic E-state index is 11.7. The number of carbonyl (C=O) groups is 2. The van der Waals surface area contributed by atoms with Crippen LogP contribution in [0.2, 0.25) is 0 Å². The highest BCUT2D eigenvalue weighted by molar-refractivity contribution is 9.10. The van der Waals surface area contributed by atoms with Crippen molar-refractivity contribution in [2.75, 3.05) is 6.54 Å². The average molecular weight is 370 g/mol. The van der Waals surface area contributed by atoms with Gasteiger partial charge in [-0.2, -0.15) is 0 Å². The highest BCUT2D eigenvalue weighted by atomic mass is 79.9. The molecule has 1 fully saturated rings. The van der Waals surface area contributed by atoms with E-state index < -0.39 is 23.1 Å². The molecule has 1 aromatic carbocycles. The zero-order chi connectivity index (χ0) is 16.5. The minimum atomic E-state index is -0.907. The Bertz CT molecular complexity index is 579. The first kappa shape index (κ1) is 16.8. The van der Waals surface area contributed by atoms with Gasteiger partial charge in [-0.05, 0) is 50.8 Å². The molecule has 0 saturated heterocycles. The van der Waals surface area contributed by atoms with Crippen molar-refractivity contribution in [1.82, 2.24) is 5.32 Å². The predicted molar refractivity (Wildman–Crippen MR) is 85.8 cm³/mol. The van der Waals surface area contributed by atoms with Crippen molar-refractivity contribution >= 4 is 28.0 Å². The minimum absolute atomic E-state index is 0.126. The summed E-state index contributed by atoms with van der Waals surface area (Å²) >= 11 is 3.34. The monoisotopic (exact) mass is 369 g/mol. The number of hydrogen-bond acceptors (Lipinski definition) is 3. The lowest BCUT2D eigenvalue weighted by atomic mass is 9.93. The molecule has 1 saturated carbocycles. The van der Waals surface area contributed by atoms with E-state index in [1.54, 1.807) is 20.8 Å². The Balaban J connectivity index is 2.01. The lowest BCUT2D eigenvalue weighted by molar-refractivity contribution is -0.140. The second-order valence-electron chi connectivity index (χ2n) is 6.57. The normalized spacial score (nSPS) is 23.7. The van der Waals surface area contributed by atoms with E-state index in [2.05, 4.69) is 21.2 Å². The summed E-state index contributed by atoms with van der Waals surface area (Å²) in [5.74, 6) is -0.982. The van der Waals surface area contributed by atoms with Crippen LogP contribution in [0.4, 0.5) is 4.79 Å². The number of aliphatic carboxylic acids is 1. The third-order valence-electron chi connectivity index (χ3n) is 3.74. The summed E-state index contributed by atoms with van der Waals surface area (Å²) in [5, 5.41) is 12.3. The fraction of sp³-hybridized carbons (Fsp3) is 0.500. The molecule has 1 amide bonds. The fourth-order valence-corrected chi connectivity index (χ4v) is 2.85. The van der Waals surface area contributed by atoms with E-state index in [4.69, 9.17) is 4.74 Å². The largest absolute Gasteiger partial charge is 0.481 e. The Kier molecular flexibility index (Phi) is 4.52. The van der Waals surface area contributed by atoms with Gasteiger partial charge in [0, 0.05) is 11.0 Å². The number of nitrogens with one attached hydrogen (secondary N) is 1. The zero-order valence-electron chi connectivity index (χ0n) is 12.9. The van der Waals surface area contributed by atoms with Crippen LogP contribution < -0.4 is 5.32 Å². The average Bonchev–Trinajstić information content (AvgIpc) is 3.11. The summed E-state index contributed by atoms with van der Waals surface area (Å²) in [5.41, 5.74) is -0.710. The highest BCUT2D eigenvalue weighted by Crippen LogP contribution is 2.54. The van der Waals surface area contributed by atoms with E-state index in [0.717, 1.165) is 10.0 Å². The summed E-state index contributed by atoms with van der Waals surface area (Å²) in [7, 11) is 0. The Labute approximate surface area is 138 Å². The van der Waals surface area contributed by atoms with Gasteiger partial charge in [0.15, 0.2) is 0 Å². The fourth-order valence-electron chi connectivity index (χ4n) is 2.58. The van der Waals surface area contributed by atoms with Crippen LogP contribution in [0.25, 0.3) is 0 Å². The molecule has 2 atom stereocenters. The molecule has 22 heavy (non-hydrogen) atoms. The molecular weight excluding hydrogens is 350 g/mol. The van der Waals surface area contributed by atoms with E-state index in [-0.39, 0.29) is 12.5 Å². The summed E-state index contributed by atoms with van der Waals surface area (Å²) in [6, 6.07) is 7.28. The van der Waals surface area contributed by atoms with Crippen LogP contribution in [-0.2, 0) is 14.9 Å². The molecule has 1 aliphatic rings. The van der Waals surface area contributed by atoms with Crippen LogP contribution in [0.5, 0.6) is 0 Å². The van der Waals surface area contributed by atoms with Gasteiger partial charge in [0.1, 0.15) is 5.60 Å². The Morgan fingerprint density at radius 3 is 2.45 bits per heavy atom. The lowest BCUT2D eigenvalue weighted by Crippen LogP contribution is -2.35. The maximum Gasteiger partial charge on any atom is 0.407 e. The van der Waals surface area contributed by atoms with Crippen LogP contribution in [-0.4, -0.2) is 29.3 Å². The maximum atomic E-state index is 11.7. The first-order valence-electron chi connectivity index (χ1n) is 7.11. The number of carbonyl (C=O) groups excluding carboxylic acids is 1. The Hall–Kier alpha value is -1.56. The molecular formula is C16H20BrNO4. The molecule has 0 spiro atoms. The van der Waals surface area contributed by atoms with Crippen molar-refractivity contribution in [3.63, 3.8) is 0 Å². The Morgan fingerprint density at radius 1 is 1.36 bits per heavy atom. The van der Waals surface area contributed by atoms with Crippen molar-refractivity contribution in [1.29, 1.82) is 0 Å². The predicted octanol–water partition coefficient (Wildman–Crippen LogP) is 3.32. The molecule has 1 aliphatic carbocycles. The number of carboxylic acids is 1. The number of alkyl carbamates (subject to hydrolysis) is 1. The van der Waals surface area contributed by atoms with Gasteiger partial charge >= 0.3 is 12.1 Å². The van der Waals surface area contributed by atoms with Gasteiger partial charge in [-0.15, -0.1) is 0 Å². The molecule has 0 heterocycles. The van der Waals surface area contributed by atoms with Gasteiger partial charge in [0.25, 0.3) is 0 Å². The molecule has 1 aromatic rings. The molecule has 0 bridgehead atoms. The van der Waals surface area contributed by atoms with Crippen molar-refractivity contribution in [3.8, 4) is 0 Å². The summed E-state index contributed by atoms with van der Waals surface area (Å²) < 4.78 is 6.07. The van der Waals surface area contributed by atoms with Crippen molar-refractivity contribution in [2.24, 2.45) is 5.92 Å². The minimum Gasteiger partial charge on any atom is -0.481 e. The van der Waals surface area contributed by atoms with Crippen LogP contribution in [0.15, 0.2) is 28.7 Å². The SMILES string of the molecule is CC(C)(C)OC(=O)NCC1CC1(C(=O)O)c1ccc(Br)cc1. The molecule has 6 heteroatoms. The van der Waals surface area contributed by atoms with E-state index in [1.165, 1.54) is 0 Å². The molecule has 2 N–H and O–H groups in total. The number of halogens is 1. The number of hydrogen-bond donors (Lipinski definition) is 2. The van der Waals surface area contributed by atoms with Gasteiger partial charge in [-0.25, -0.2) is 4.79 Å². The summed E-state index contributed by atoms with van der Waals surface area (Å²) in [6.45, 7) is 5.64. The lowest BCUT2D eigenvalue weighted by Gasteiger charge is -2.20. The van der Waals surface area contributed by atoms with E-state index in [9.17, 15) is 14.7 Å². The third kappa shape index (κ3) is 3.61. The molecule has 0 radical (unpaired) electrons. The second-order valence-corrected chi connectivity index (χ2v) is 7.48. The number of amides is 1. The second kappa shape index (κ2) is 5.91. The van der Waals surface area contributed by atoms with Gasteiger partial charge < -0.3 is 15.2 Å².